The molecule has 1 atom stereocenters. The van der Waals surface area contributed by atoms with Gasteiger partial charge in [0, 0.05) is 12.0 Å². The molecule has 1 N–H and O–H groups in total. The van der Waals surface area contributed by atoms with Gasteiger partial charge in [-0.2, -0.15) is 0 Å². The van der Waals surface area contributed by atoms with Gasteiger partial charge in [-0.1, -0.05) is 45.9 Å². The minimum Gasteiger partial charge on any atom is -0.496 e. The maximum atomic E-state index is 13.3. The highest BCUT2D eigenvalue weighted by Crippen LogP contribution is 2.43. The van der Waals surface area contributed by atoms with Crippen molar-refractivity contribution in [3.05, 3.63) is 53.6 Å². The van der Waals surface area contributed by atoms with Crippen LogP contribution in [0.5, 0.6) is 11.5 Å². The summed E-state index contributed by atoms with van der Waals surface area (Å²) in [4.78, 5) is 0.254. The van der Waals surface area contributed by atoms with E-state index < -0.39 is 10.0 Å². The van der Waals surface area contributed by atoms with Crippen LogP contribution in [0.1, 0.15) is 70.0 Å². The first-order valence-corrected chi connectivity index (χ1v) is 11.7. The van der Waals surface area contributed by atoms with Crippen molar-refractivity contribution in [1.29, 1.82) is 0 Å². The van der Waals surface area contributed by atoms with Crippen LogP contribution in [-0.2, 0) is 10.0 Å². The number of nitrogens with one attached hydrogen (secondary N) is 1. The third-order valence-corrected chi connectivity index (χ3v) is 7.39. The van der Waals surface area contributed by atoms with Crippen LogP contribution in [0.2, 0.25) is 0 Å². The zero-order chi connectivity index (χ0) is 21.2. The fourth-order valence-electron chi connectivity index (χ4n) is 3.99. The van der Waals surface area contributed by atoms with Crippen LogP contribution in [0, 0.1) is 0 Å². The first-order valence-electron chi connectivity index (χ1n) is 10.2. The van der Waals surface area contributed by atoms with Gasteiger partial charge in [0.25, 0.3) is 0 Å². The van der Waals surface area contributed by atoms with E-state index in [0.717, 1.165) is 29.7 Å². The largest absolute Gasteiger partial charge is 0.496 e. The van der Waals surface area contributed by atoms with Crippen molar-refractivity contribution in [1.82, 2.24) is 4.72 Å². The Hall–Kier alpha value is -2.05. The summed E-state index contributed by atoms with van der Waals surface area (Å²) < 4.78 is 41.2. The number of hydrogen-bond donors (Lipinski definition) is 1. The molecule has 0 saturated carbocycles. The van der Waals surface area contributed by atoms with Crippen LogP contribution in [0.3, 0.4) is 0 Å². The minimum atomic E-state index is -3.71. The molecule has 0 radical (unpaired) electrons. The summed E-state index contributed by atoms with van der Waals surface area (Å²) in [5.41, 5.74) is 1.38. The molecule has 0 saturated heterocycles. The van der Waals surface area contributed by atoms with E-state index in [1.807, 2.05) is 38.1 Å². The normalized spacial score (nSPS) is 18.2. The molecule has 1 heterocycles. The summed E-state index contributed by atoms with van der Waals surface area (Å²) in [6, 6.07) is 12.4. The molecule has 0 bridgehead atoms. The number of para-hydroxylation sites is 1. The molecule has 5 nitrogen and oxygen atoms in total. The number of benzene rings is 2. The zero-order valence-corrected chi connectivity index (χ0v) is 18.7. The third-order valence-electron chi connectivity index (χ3n) is 5.92. The van der Waals surface area contributed by atoms with Gasteiger partial charge in [-0.05, 0) is 48.6 Å². The van der Waals surface area contributed by atoms with Crippen LogP contribution in [0.15, 0.2) is 47.4 Å². The molecule has 3 rings (SSSR count). The quantitative estimate of drug-likeness (QED) is 0.674. The molecule has 0 amide bonds. The molecule has 1 unspecified atom stereocenters. The summed E-state index contributed by atoms with van der Waals surface area (Å²) in [6.07, 6.45) is 2.23. The van der Waals surface area contributed by atoms with E-state index in [1.165, 1.54) is 0 Å². The van der Waals surface area contributed by atoms with Gasteiger partial charge < -0.3 is 9.47 Å². The van der Waals surface area contributed by atoms with E-state index in [9.17, 15) is 8.42 Å². The van der Waals surface area contributed by atoms with E-state index in [2.05, 4.69) is 18.6 Å². The van der Waals surface area contributed by atoms with Gasteiger partial charge in [-0.25, -0.2) is 13.1 Å². The summed E-state index contributed by atoms with van der Waals surface area (Å²) in [6.45, 7) is 8.21. The van der Waals surface area contributed by atoms with Crippen molar-refractivity contribution >= 4 is 10.0 Å². The van der Waals surface area contributed by atoms with E-state index in [4.69, 9.17) is 9.47 Å². The van der Waals surface area contributed by atoms with Gasteiger partial charge in [0.2, 0.25) is 10.0 Å². The Morgan fingerprint density at radius 1 is 1.17 bits per heavy atom. The smallest absolute Gasteiger partial charge is 0.241 e. The van der Waals surface area contributed by atoms with Crippen LogP contribution in [-0.4, -0.2) is 21.1 Å². The number of rotatable bonds is 7. The molecular weight excluding hydrogens is 386 g/mol. The SMILES string of the molecule is CCC1(CC)CC(NS(=O)(=O)c2ccc(OC)c(C(C)C)c2)c2ccccc2O1. The van der Waals surface area contributed by atoms with Crippen LogP contribution in [0.4, 0.5) is 0 Å². The van der Waals surface area contributed by atoms with Crippen molar-refractivity contribution in [2.75, 3.05) is 7.11 Å². The lowest BCUT2D eigenvalue weighted by molar-refractivity contribution is 0.0260. The van der Waals surface area contributed by atoms with Crippen molar-refractivity contribution in [3.63, 3.8) is 0 Å². The fraction of sp³-hybridized carbons (Fsp3) is 0.478. The van der Waals surface area contributed by atoms with Gasteiger partial charge in [0.1, 0.15) is 17.1 Å². The highest BCUT2D eigenvalue weighted by atomic mass is 32.2. The van der Waals surface area contributed by atoms with Crippen LogP contribution < -0.4 is 14.2 Å². The molecule has 158 valence electrons. The predicted molar refractivity (Wildman–Crippen MR) is 115 cm³/mol. The van der Waals surface area contributed by atoms with Gasteiger partial charge in [-0.3, -0.25) is 0 Å². The Morgan fingerprint density at radius 2 is 1.86 bits per heavy atom. The zero-order valence-electron chi connectivity index (χ0n) is 17.9. The van der Waals surface area contributed by atoms with E-state index in [1.54, 1.807) is 25.3 Å². The number of fused-ring (bicyclic) bond motifs is 1. The third kappa shape index (κ3) is 4.28. The number of ether oxygens (including phenoxy) is 2. The highest BCUT2D eigenvalue weighted by Gasteiger charge is 2.40. The Bertz CT molecular complexity index is 965. The summed E-state index contributed by atoms with van der Waals surface area (Å²) in [5, 5.41) is 0. The van der Waals surface area contributed by atoms with Crippen molar-refractivity contribution in [3.8, 4) is 11.5 Å². The van der Waals surface area contributed by atoms with Gasteiger partial charge >= 0.3 is 0 Å². The highest BCUT2D eigenvalue weighted by molar-refractivity contribution is 7.89. The van der Waals surface area contributed by atoms with E-state index in [0.29, 0.717) is 12.2 Å². The molecule has 2 aromatic rings. The lowest BCUT2D eigenvalue weighted by Gasteiger charge is -2.41. The second-order valence-electron chi connectivity index (χ2n) is 7.97. The Kier molecular flexibility index (Phi) is 6.24. The second kappa shape index (κ2) is 8.36. The molecule has 0 aromatic heterocycles. The summed E-state index contributed by atoms with van der Waals surface area (Å²) >= 11 is 0. The van der Waals surface area contributed by atoms with Gasteiger partial charge in [-0.15, -0.1) is 0 Å². The average Bonchev–Trinajstić information content (AvgIpc) is 2.72. The van der Waals surface area contributed by atoms with Crippen molar-refractivity contribution in [2.24, 2.45) is 0 Å². The molecule has 0 spiro atoms. The molecular formula is C23H31NO4S. The molecule has 0 fully saturated rings. The maximum Gasteiger partial charge on any atom is 0.241 e. The minimum absolute atomic E-state index is 0.150. The van der Waals surface area contributed by atoms with Gasteiger partial charge in [0.05, 0.1) is 18.0 Å². The lowest BCUT2D eigenvalue weighted by atomic mass is 9.84. The monoisotopic (exact) mass is 417 g/mol. The maximum absolute atomic E-state index is 13.3. The lowest BCUT2D eigenvalue weighted by Crippen LogP contribution is -2.44. The number of methoxy groups -OCH3 is 1. The summed E-state index contributed by atoms with van der Waals surface area (Å²) in [5.74, 6) is 1.61. The first-order chi connectivity index (χ1) is 13.7. The molecule has 1 aliphatic rings. The average molecular weight is 418 g/mol. The molecule has 0 aliphatic carbocycles. The van der Waals surface area contributed by atoms with Crippen LogP contribution in [0.25, 0.3) is 0 Å². The van der Waals surface area contributed by atoms with Crippen LogP contribution >= 0.6 is 0 Å². The second-order valence-corrected chi connectivity index (χ2v) is 9.68. The first kappa shape index (κ1) is 21.7. The topological polar surface area (TPSA) is 64.6 Å². The molecule has 29 heavy (non-hydrogen) atoms. The number of hydrogen-bond acceptors (Lipinski definition) is 4. The molecule has 6 heteroatoms. The predicted octanol–water partition coefficient (Wildman–Crippen LogP) is 5.18. The van der Waals surface area contributed by atoms with E-state index >= 15 is 0 Å². The van der Waals surface area contributed by atoms with Crippen molar-refractivity contribution in [2.45, 2.75) is 69.4 Å². The van der Waals surface area contributed by atoms with E-state index in [-0.39, 0.29) is 22.5 Å². The number of sulfonamides is 1. The Morgan fingerprint density at radius 3 is 2.48 bits per heavy atom. The Balaban J connectivity index is 1.99. The van der Waals surface area contributed by atoms with Crippen molar-refractivity contribution < 1.29 is 17.9 Å². The molecule has 2 aromatic carbocycles. The summed E-state index contributed by atoms with van der Waals surface area (Å²) in [7, 11) is -2.11. The molecule has 1 aliphatic heterocycles. The Labute approximate surface area is 174 Å². The standard InChI is InChI=1S/C23H31NO4S/c1-6-23(7-2)15-20(18-10-8-9-11-22(18)28-23)24-29(25,26)17-12-13-21(27-5)19(14-17)16(3)4/h8-14,16,20,24H,6-7,15H2,1-5H3. The van der Waals surface area contributed by atoms with Gasteiger partial charge in [0.15, 0.2) is 0 Å². The fourth-order valence-corrected chi connectivity index (χ4v) is 5.24.